The Morgan fingerprint density at radius 1 is 1.21 bits per heavy atom. The van der Waals surface area contributed by atoms with Crippen molar-refractivity contribution < 1.29 is 20.1 Å². The fraction of sp³-hybridized carbons (Fsp3) is 0.565. The summed E-state index contributed by atoms with van der Waals surface area (Å²) in [6, 6.07) is 7.79. The molecule has 2 aromatic heterocycles. The third kappa shape index (κ3) is 4.33. The standard InChI is InChI=1S/C23H30N6O4S/c1-3-7-34-23-25-21(24-16-10-15(16)12-5-4-6-14(8-12)33-2)18-22(26-23)29(28-27-18)17-9-13(11-30)19(31)20(17)32/h4-6,8,13,15-17,19-20,30-32H,3,7,9-11H2,1-2H3,(H,24,25,26). The molecule has 0 amide bonds. The van der Waals surface area contributed by atoms with Gasteiger partial charge in [0.05, 0.1) is 19.3 Å². The zero-order valence-corrected chi connectivity index (χ0v) is 20.0. The number of anilines is 1. The molecule has 182 valence electrons. The molecule has 6 unspecified atom stereocenters. The van der Waals surface area contributed by atoms with Gasteiger partial charge >= 0.3 is 0 Å². The number of aliphatic hydroxyl groups is 3. The van der Waals surface area contributed by atoms with Gasteiger partial charge in [0.25, 0.3) is 0 Å². The average molecular weight is 487 g/mol. The largest absolute Gasteiger partial charge is 0.497 e. The second kappa shape index (κ2) is 9.65. The van der Waals surface area contributed by atoms with Crippen molar-refractivity contribution >= 4 is 28.7 Å². The average Bonchev–Trinajstić information content (AvgIpc) is 3.41. The van der Waals surface area contributed by atoms with Crippen LogP contribution in [-0.4, -0.2) is 78.0 Å². The summed E-state index contributed by atoms with van der Waals surface area (Å²) in [5, 5.41) is 43.2. The Balaban J connectivity index is 1.45. The maximum atomic E-state index is 10.6. The molecule has 2 aliphatic rings. The molecule has 1 aromatic carbocycles. The van der Waals surface area contributed by atoms with Crippen molar-refractivity contribution in [2.45, 2.75) is 61.6 Å². The third-order valence-electron chi connectivity index (χ3n) is 6.69. The smallest absolute Gasteiger partial charge is 0.191 e. The highest BCUT2D eigenvalue weighted by Gasteiger charge is 2.44. The SMILES string of the molecule is CCCSc1nc(NC2CC2c2cccc(OC)c2)c2nnn(C3CC(CO)C(O)C3O)c2n1. The Morgan fingerprint density at radius 2 is 2.06 bits per heavy atom. The molecule has 5 rings (SSSR count). The summed E-state index contributed by atoms with van der Waals surface area (Å²) >= 11 is 1.56. The highest BCUT2D eigenvalue weighted by molar-refractivity contribution is 7.99. The van der Waals surface area contributed by atoms with Crippen molar-refractivity contribution in [3.8, 4) is 5.75 Å². The van der Waals surface area contributed by atoms with Gasteiger partial charge in [0.1, 0.15) is 11.9 Å². The van der Waals surface area contributed by atoms with E-state index >= 15 is 0 Å². The number of aromatic nitrogens is 5. The van der Waals surface area contributed by atoms with E-state index in [-0.39, 0.29) is 12.6 Å². The van der Waals surface area contributed by atoms with Crippen molar-refractivity contribution in [2.24, 2.45) is 5.92 Å². The Hall–Kier alpha value is -2.47. The molecular weight excluding hydrogens is 456 g/mol. The van der Waals surface area contributed by atoms with Crippen LogP contribution in [0.5, 0.6) is 5.75 Å². The molecule has 2 fully saturated rings. The van der Waals surface area contributed by atoms with Gasteiger partial charge in [0.2, 0.25) is 0 Å². The predicted octanol–water partition coefficient (Wildman–Crippen LogP) is 1.98. The van der Waals surface area contributed by atoms with E-state index in [9.17, 15) is 15.3 Å². The van der Waals surface area contributed by atoms with Gasteiger partial charge in [-0.1, -0.05) is 36.0 Å². The maximum absolute atomic E-state index is 10.6. The number of nitrogens with zero attached hydrogens (tertiary/aromatic N) is 5. The van der Waals surface area contributed by atoms with Crippen LogP contribution in [0.3, 0.4) is 0 Å². The summed E-state index contributed by atoms with van der Waals surface area (Å²) in [7, 11) is 1.67. The van der Waals surface area contributed by atoms with Gasteiger partial charge in [0, 0.05) is 30.2 Å². The molecular formula is C23H30N6O4S. The van der Waals surface area contributed by atoms with Crippen LogP contribution in [0.1, 0.15) is 43.7 Å². The first-order chi connectivity index (χ1) is 16.5. The van der Waals surface area contributed by atoms with Gasteiger partial charge in [-0.25, -0.2) is 14.6 Å². The number of ether oxygens (including phenoxy) is 1. The Labute approximate surface area is 201 Å². The van der Waals surface area contributed by atoms with Gasteiger partial charge in [0.15, 0.2) is 22.1 Å². The minimum absolute atomic E-state index is 0.200. The van der Waals surface area contributed by atoms with E-state index in [0.717, 1.165) is 24.3 Å². The number of nitrogens with one attached hydrogen (secondary N) is 1. The molecule has 4 N–H and O–H groups in total. The van der Waals surface area contributed by atoms with Crippen LogP contribution >= 0.6 is 11.8 Å². The predicted molar refractivity (Wildman–Crippen MR) is 128 cm³/mol. The fourth-order valence-corrected chi connectivity index (χ4v) is 5.38. The molecule has 2 saturated carbocycles. The summed E-state index contributed by atoms with van der Waals surface area (Å²) < 4.78 is 6.94. The van der Waals surface area contributed by atoms with Crippen LogP contribution in [0.15, 0.2) is 29.4 Å². The first-order valence-corrected chi connectivity index (χ1v) is 12.7. The highest BCUT2D eigenvalue weighted by Crippen LogP contribution is 2.44. The van der Waals surface area contributed by atoms with E-state index < -0.39 is 24.2 Å². The highest BCUT2D eigenvalue weighted by atomic mass is 32.2. The number of hydrogen-bond donors (Lipinski definition) is 4. The first-order valence-electron chi connectivity index (χ1n) is 11.7. The summed E-state index contributed by atoms with van der Waals surface area (Å²) in [6.45, 7) is 1.90. The molecule has 0 saturated heterocycles. The van der Waals surface area contributed by atoms with E-state index in [4.69, 9.17) is 14.7 Å². The number of fused-ring (bicyclic) bond motifs is 1. The number of rotatable bonds is 9. The van der Waals surface area contributed by atoms with Gasteiger partial charge in [-0.15, -0.1) is 5.10 Å². The van der Waals surface area contributed by atoms with Crippen LogP contribution in [-0.2, 0) is 0 Å². The van der Waals surface area contributed by atoms with Crippen molar-refractivity contribution in [3.63, 3.8) is 0 Å². The van der Waals surface area contributed by atoms with E-state index in [2.05, 4.69) is 34.7 Å². The maximum Gasteiger partial charge on any atom is 0.191 e. The topological polar surface area (TPSA) is 138 Å². The zero-order valence-electron chi connectivity index (χ0n) is 19.2. The lowest BCUT2D eigenvalue weighted by Gasteiger charge is -2.17. The molecule has 0 aliphatic heterocycles. The summed E-state index contributed by atoms with van der Waals surface area (Å²) in [5.41, 5.74) is 2.26. The Bertz CT molecular complexity index is 1160. The molecule has 11 heteroatoms. The second-order valence-electron chi connectivity index (χ2n) is 9.01. The minimum atomic E-state index is -1.05. The molecule has 0 spiro atoms. The van der Waals surface area contributed by atoms with Crippen LogP contribution in [0.2, 0.25) is 0 Å². The lowest BCUT2D eigenvalue weighted by Crippen LogP contribution is -2.30. The molecule has 3 aromatic rings. The summed E-state index contributed by atoms with van der Waals surface area (Å²) in [6.07, 6.45) is 0.273. The number of aliphatic hydroxyl groups excluding tert-OH is 3. The lowest BCUT2D eigenvalue weighted by atomic mass is 10.1. The zero-order chi connectivity index (χ0) is 23.8. The van der Waals surface area contributed by atoms with E-state index in [1.54, 1.807) is 23.6 Å². The molecule has 6 atom stereocenters. The van der Waals surface area contributed by atoms with E-state index in [1.807, 2.05) is 12.1 Å². The van der Waals surface area contributed by atoms with Gasteiger partial charge in [-0.3, -0.25) is 0 Å². The molecule has 2 aliphatic carbocycles. The minimum Gasteiger partial charge on any atom is -0.497 e. The number of hydrogen-bond acceptors (Lipinski definition) is 10. The van der Waals surface area contributed by atoms with Gasteiger partial charge < -0.3 is 25.4 Å². The van der Waals surface area contributed by atoms with Gasteiger partial charge in [-0.2, -0.15) is 0 Å². The fourth-order valence-electron chi connectivity index (χ4n) is 4.69. The third-order valence-corrected chi connectivity index (χ3v) is 7.75. The Morgan fingerprint density at radius 3 is 2.79 bits per heavy atom. The number of methoxy groups -OCH3 is 1. The number of benzene rings is 1. The monoisotopic (exact) mass is 486 g/mol. The summed E-state index contributed by atoms with van der Waals surface area (Å²) in [5.74, 6) is 2.27. The van der Waals surface area contributed by atoms with Crippen LogP contribution in [0.25, 0.3) is 11.2 Å². The molecule has 0 bridgehead atoms. The summed E-state index contributed by atoms with van der Waals surface area (Å²) in [4.78, 5) is 9.43. The quantitative estimate of drug-likeness (QED) is 0.262. The van der Waals surface area contributed by atoms with Crippen LogP contribution in [0.4, 0.5) is 5.82 Å². The normalized spacial score (nSPS) is 28.4. The number of thioether (sulfide) groups is 1. The molecule has 2 heterocycles. The molecule has 10 nitrogen and oxygen atoms in total. The second-order valence-corrected chi connectivity index (χ2v) is 10.1. The Kier molecular flexibility index (Phi) is 6.61. The molecule has 34 heavy (non-hydrogen) atoms. The first kappa shape index (κ1) is 23.3. The van der Waals surface area contributed by atoms with Crippen molar-refractivity contribution in [1.29, 1.82) is 0 Å². The van der Waals surface area contributed by atoms with Crippen molar-refractivity contribution in [2.75, 3.05) is 24.8 Å². The van der Waals surface area contributed by atoms with Gasteiger partial charge in [-0.05, 0) is 37.0 Å². The lowest BCUT2D eigenvalue weighted by molar-refractivity contribution is -0.00512. The molecule has 0 radical (unpaired) electrons. The van der Waals surface area contributed by atoms with E-state index in [0.29, 0.717) is 34.5 Å². The van der Waals surface area contributed by atoms with E-state index in [1.165, 1.54) is 5.56 Å². The van der Waals surface area contributed by atoms with Crippen molar-refractivity contribution in [1.82, 2.24) is 25.0 Å². The van der Waals surface area contributed by atoms with Crippen LogP contribution in [0, 0.1) is 5.92 Å². The van der Waals surface area contributed by atoms with Crippen molar-refractivity contribution in [3.05, 3.63) is 29.8 Å². The van der Waals surface area contributed by atoms with Crippen LogP contribution < -0.4 is 10.1 Å².